The highest BCUT2D eigenvalue weighted by atomic mass is 16.5. The first-order chi connectivity index (χ1) is 11.3. The van der Waals surface area contributed by atoms with E-state index in [1.165, 1.54) is 0 Å². The maximum absolute atomic E-state index is 11.8. The van der Waals surface area contributed by atoms with E-state index in [4.69, 9.17) is 8.94 Å². The minimum Gasteiger partial charge on any atom is -0.463 e. The lowest BCUT2D eigenvalue weighted by Crippen LogP contribution is -2.43. The predicted molar refractivity (Wildman–Crippen MR) is 88.7 cm³/mol. The summed E-state index contributed by atoms with van der Waals surface area (Å²) in [7, 11) is 0. The van der Waals surface area contributed by atoms with Gasteiger partial charge in [0.05, 0.1) is 12.2 Å². The number of rotatable bonds is 7. The summed E-state index contributed by atoms with van der Waals surface area (Å²) in [4.78, 5) is 11.8. The number of furan rings is 1. The third-order valence-corrected chi connectivity index (χ3v) is 3.93. The number of carbonyl (C=O) groups is 1. The maximum atomic E-state index is 11.8. The molecule has 2 heterocycles. The van der Waals surface area contributed by atoms with E-state index in [0.29, 0.717) is 18.1 Å². The van der Waals surface area contributed by atoms with Gasteiger partial charge in [-0.3, -0.25) is 0 Å². The van der Waals surface area contributed by atoms with Gasteiger partial charge in [-0.1, -0.05) is 5.16 Å². The van der Waals surface area contributed by atoms with Crippen molar-refractivity contribution in [3.63, 3.8) is 0 Å². The summed E-state index contributed by atoms with van der Waals surface area (Å²) in [5, 5.41) is 19.7. The van der Waals surface area contributed by atoms with Gasteiger partial charge in [0.15, 0.2) is 0 Å². The van der Waals surface area contributed by atoms with Crippen molar-refractivity contribution in [2.45, 2.75) is 46.1 Å². The Morgan fingerprint density at radius 2 is 2.04 bits per heavy atom. The molecule has 0 radical (unpaired) electrons. The van der Waals surface area contributed by atoms with Crippen molar-refractivity contribution in [1.29, 1.82) is 0 Å². The molecule has 0 fully saturated rings. The molecule has 0 saturated carbocycles. The van der Waals surface area contributed by atoms with Crippen molar-refractivity contribution in [2.24, 2.45) is 0 Å². The van der Waals surface area contributed by atoms with Crippen molar-refractivity contribution in [1.82, 2.24) is 15.8 Å². The molecule has 2 aromatic heterocycles. The monoisotopic (exact) mass is 335 g/mol. The number of urea groups is 1. The van der Waals surface area contributed by atoms with Gasteiger partial charge in [0, 0.05) is 12.1 Å². The van der Waals surface area contributed by atoms with Crippen molar-refractivity contribution >= 4 is 6.03 Å². The van der Waals surface area contributed by atoms with Crippen LogP contribution < -0.4 is 10.6 Å². The van der Waals surface area contributed by atoms with Crippen LogP contribution in [0, 0.1) is 20.8 Å². The van der Waals surface area contributed by atoms with Crippen molar-refractivity contribution in [3.05, 3.63) is 40.7 Å². The minimum absolute atomic E-state index is 0.0651. The summed E-state index contributed by atoms with van der Waals surface area (Å²) in [5.41, 5.74) is 0.734. The summed E-state index contributed by atoms with van der Waals surface area (Å²) >= 11 is 0. The molecule has 0 saturated heterocycles. The molecule has 132 valence electrons. The van der Waals surface area contributed by atoms with E-state index < -0.39 is 5.60 Å². The Bertz CT molecular complexity index is 668. The topological polar surface area (TPSA) is 101 Å². The van der Waals surface area contributed by atoms with Crippen molar-refractivity contribution < 1.29 is 18.8 Å². The number of carbonyl (C=O) groups excluding carboxylic acids is 1. The van der Waals surface area contributed by atoms with Crippen LogP contribution >= 0.6 is 0 Å². The smallest absolute Gasteiger partial charge is 0.314 e. The Kier molecular flexibility index (Phi) is 5.66. The fourth-order valence-electron chi connectivity index (χ4n) is 2.45. The second-order valence-corrected chi connectivity index (χ2v) is 6.20. The molecule has 1 atom stereocenters. The lowest BCUT2D eigenvalue weighted by Gasteiger charge is -2.21. The van der Waals surface area contributed by atoms with Crippen LogP contribution in [0.25, 0.3) is 0 Å². The second kappa shape index (κ2) is 7.53. The van der Waals surface area contributed by atoms with Gasteiger partial charge >= 0.3 is 6.03 Å². The van der Waals surface area contributed by atoms with E-state index in [9.17, 15) is 9.90 Å². The molecule has 0 aliphatic rings. The average molecular weight is 335 g/mol. The van der Waals surface area contributed by atoms with Crippen LogP contribution in [0.3, 0.4) is 0 Å². The molecular weight excluding hydrogens is 310 g/mol. The number of aromatic nitrogens is 1. The van der Waals surface area contributed by atoms with E-state index in [2.05, 4.69) is 15.8 Å². The molecule has 0 spiro atoms. The first-order valence-corrected chi connectivity index (χ1v) is 8.02. The Hall–Kier alpha value is -2.28. The molecule has 2 rings (SSSR count). The van der Waals surface area contributed by atoms with E-state index in [1.807, 2.05) is 13.8 Å². The molecule has 2 amide bonds. The minimum atomic E-state index is -1.25. The number of nitrogens with one attached hydrogen (secondary N) is 2. The molecule has 0 bridgehead atoms. The number of aliphatic hydroxyl groups is 1. The Balaban J connectivity index is 1.70. The van der Waals surface area contributed by atoms with Crippen LogP contribution in [-0.4, -0.2) is 29.4 Å². The second-order valence-electron chi connectivity index (χ2n) is 6.20. The fraction of sp³-hybridized carbons (Fsp3) is 0.529. The molecule has 2 aromatic rings. The first-order valence-electron chi connectivity index (χ1n) is 8.02. The third kappa shape index (κ3) is 4.61. The lowest BCUT2D eigenvalue weighted by molar-refractivity contribution is 0.0360. The zero-order valence-corrected chi connectivity index (χ0v) is 14.6. The van der Waals surface area contributed by atoms with Gasteiger partial charge in [-0.25, -0.2) is 4.79 Å². The Morgan fingerprint density at radius 1 is 1.29 bits per heavy atom. The number of nitrogens with zero attached hydrogens (tertiary/aromatic N) is 1. The standard InChI is InChI=1S/C17H25N3O4/c1-11-7-8-15(23-11)17(4,22)10-19-16(21)18-9-5-6-14-12(2)20-24-13(14)3/h7-8,22H,5-6,9-10H2,1-4H3,(H2,18,19,21). The van der Waals surface area contributed by atoms with Crippen LogP contribution in [0.5, 0.6) is 0 Å². The van der Waals surface area contributed by atoms with Gasteiger partial charge in [-0.05, 0) is 52.7 Å². The van der Waals surface area contributed by atoms with Gasteiger partial charge in [-0.15, -0.1) is 0 Å². The largest absolute Gasteiger partial charge is 0.463 e. The molecule has 7 heteroatoms. The molecule has 24 heavy (non-hydrogen) atoms. The molecular formula is C17H25N3O4. The normalized spacial score (nSPS) is 13.5. The van der Waals surface area contributed by atoms with Crippen LogP contribution in [0.15, 0.2) is 21.1 Å². The highest BCUT2D eigenvalue weighted by molar-refractivity contribution is 5.73. The van der Waals surface area contributed by atoms with E-state index in [-0.39, 0.29) is 12.6 Å². The quantitative estimate of drug-likeness (QED) is 0.674. The highest BCUT2D eigenvalue weighted by Gasteiger charge is 2.27. The van der Waals surface area contributed by atoms with E-state index in [0.717, 1.165) is 29.9 Å². The fourth-order valence-corrected chi connectivity index (χ4v) is 2.45. The highest BCUT2D eigenvalue weighted by Crippen LogP contribution is 2.21. The number of hydrogen-bond acceptors (Lipinski definition) is 5. The maximum Gasteiger partial charge on any atom is 0.314 e. The van der Waals surface area contributed by atoms with Crippen LogP contribution in [-0.2, 0) is 12.0 Å². The van der Waals surface area contributed by atoms with Gasteiger partial charge in [0.1, 0.15) is 22.9 Å². The number of hydrogen-bond donors (Lipinski definition) is 3. The Labute approximate surface area is 141 Å². The van der Waals surface area contributed by atoms with Crippen molar-refractivity contribution in [2.75, 3.05) is 13.1 Å². The number of amides is 2. The Morgan fingerprint density at radius 3 is 2.62 bits per heavy atom. The molecule has 0 aromatic carbocycles. The zero-order chi connectivity index (χ0) is 17.7. The van der Waals surface area contributed by atoms with E-state index in [1.54, 1.807) is 26.0 Å². The molecule has 0 aliphatic heterocycles. The summed E-state index contributed by atoms with van der Waals surface area (Å²) in [5.74, 6) is 1.97. The summed E-state index contributed by atoms with van der Waals surface area (Å²) in [6, 6.07) is 3.16. The van der Waals surface area contributed by atoms with Crippen molar-refractivity contribution in [3.8, 4) is 0 Å². The van der Waals surface area contributed by atoms with Gasteiger partial charge in [0.2, 0.25) is 0 Å². The molecule has 0 aliphatic carbocycles. The molecule has 1 unspecified atom stereocenters. The van der Waals surface area contributed by atoms with Gasteiger partial charge in [0.25, 0.3) is 0 Å². The SMILES string of the molecule is Cc1ccc(C(C)(O)CNC(=O)NCCCc2c(C)noc2C)o1. The third-order valence-electron chi connectivity index (χ3n) is 3.93. The average Bonchev–Trinajstić information content (AvgIpc) is 3.10. The van der Waals surface area contributed by atoms with Gasteiger partial charge < -0.3 is 24.7 Å². The van der Waals surface area contributed by atoms with Crippen LogP contribution in [0.4, 0.5) is 4.79 Å². The molecule has 3 N–H and O–H groups in total. The zero-order valence-electron chi connectivity index (χ0n) is 14.6. The van der Waals surface area contributed by atoms with Crippen LogP contribution in [0.1, 0.15) is 41.9 Å². The van der Waals surface area contributed by atoms with Crippen LogP contribution in [0.2, 0.25) is 0 Å². The summed E-state index contributed by atoms with van der Waals surface area (Å²) < 4.78 is 10.5. The van der Waals surface area contributed by atoms with E-state index >= 15 is 0 Å². The summed E-state index contributed by atoms with van der Waals surface area (Å²) in [6.07, 6.45) is 1.58. The number of aryl methyl sites for hydroxylation is 3. The summed E-state index contributed by atoms with van der Waals surface area (Å²) in [6.45, 7) is 7.79. The molecule has 7 nitrogen and oxygen atoms in total. The predicted octanol–water partition coefficient (Wildman–Crippen LogP) is 2.33. The first kappa shape index (κ1) is 18.1. The lowest BCUT2D eigenvalue weighted by atomic mass is 10.0. The van der Waals surface area contributed by atoms with Gasteiger partial charge in [-0.2, -0.15) is 0 Å².